The summed E-state index contributed by atoms with van der Waals surface area (Å²) in [5, 5.41) is 12.4. The van der Waals surface area contributed by atoms with Crippen LogP contribution in [-0.4, -0.2) is 42.8 Å². The number of nitrogens with one attached hydrogen (secondary N) is 1. The number of rotatable bonds is 5. The van der Waals surface area contributed by atoms with Crippen LogP contribution in [0.2, 0.25) is 0 Å². The van der Waals surface area contributed by atoms with Gasteiger partial charge >= 0.3 is 0 Å². The van der Waals surface area contributed by atoms with Gasteiger partial charge in [0.2, 0.25) is 5.91 Å². The summed E-state index contributed by atoms with van der Waals surface area (Å²) in [6, 6.07) is 4.51. The van der Waals surface area contributed by atoms with Gasteiger partial charge in [-0.2, -0.15) is 0 Å². The van der Waals surface area contributed by atoms with E-state index in [0.717, 1.165) is 0 Å². The summed E-state index contributed by atoms with van der Waals surface area (Å²) < 4.78 is 0. The van der Waals surface area contributed by atoms with E-state index < -0.39 is 0 Å². The molecule has 0 bridgehead atoms. The number of phenolic OH excluding ortho intramolecular Hbond substituents is 1. The van der Waals surface area contributed by atoms with Crippen LogP contribution in [0.3, 0.4) is 0 Å². The van der Waals surface area contributed by atoms with Crippen molar-refractivity contribution in [2.45, 2.75) is 6.42 Å². The van der Waals surface area contributed by atoms with Crippen LogP contribution in [0.25, 0.3) is 0 Å². The van der Waals surface area contributed by atoms with Crippen LogP contribution < -0.4 is 5.32 Å². The molecule has 1 amide bonds. The van der Waals surface area contributed by atoms with E-state index in [1.165, 1.54) is 17.0 Å². The van der Waals surface area contributed by atoms with Gasteiger partial charge in [0.1, 0.15) is 12.0 Å². The molecular formula is C12H16N2O3. The van der Waals surface area contributed by atoms with Crippen LogP contribution >= 0.6 is 0 Å². The number of hydrogen-bond acceptors (Lipinski definition) is 4. The highest BCUT2D eigenvalue weighted by molar-refractivity contribution is 5.79. The lowest BCUT2D eigenvalue weighted by atomic mass is 10.2. The van der Waals surface area contributed by atoms with Gasteiger partial charge in [0, 0.05) is 32.6 Å². The molecule has 0 aliphatic heterocycles. The second kappa shape index (κ2) is 5.89. The minimum atomic E-state index is 0.00327. The second-order valence-corrected chi connectivity index (χ2v) is 3.86. The maximum absolute atomic E-state index is 11.3. The summed E-state index contributed by atoms with van der Waals surface area (Å²) in [5.41, 5.74) is 0.936. The number of aldehydes is 1. The molecule has 0 fully saturated rings. The first-order chi connectivity index (χ1) is 8.04. The molecule has 0 aliphatic carbocycles. The topological polar surface area (TPSA) is 69.6 Å². The quantitative estimate of drug-likeness (QED) is 0.593. The molecule has 0 saturated heterocycles. The van der Waals surface area contributed by atoms with Crippen LogP contribution in [0.5, 0.6) is 5.75 Å². The lowest BCUT2D eigenvalue weighted by Gasteiger charge is -2.12. The Morgan fingerprint density at radius 1 is 1.47 bits per heavy atom. The van der Waals surface area contributed by atoms with Gasteiger partial charge in [0.05, 0.1) is 5.69 Å². The van der Waals surface area contributed by atoms with Gasteiger partial charge in [-0.05, 0) is 18.2 Å². The standard InChI is InChI=1S/C12H16N2O3/c1-14(2)12(17)5-6-13-10-7-9(8-15)3-4-11(10)16/h3-4,7-8,13,16H,5-6H2,1-2H3. The van der Waals surface area contributed by atoms with Crippen LogP contribution in [0.1, 0.15) is 16.8 Å². The molecule has 5 nitrogen and oxygen atoms in total. The maximum atomic E-state index is 11.3. The minimum absolute atomic E-state index is 0.00327. The van der Waals surface area contributed by atoms with Crippen molar-refractivity contribution in [2.75, 3.05) is 26.0 Å². The Hall–Kier alpha value is -2.04. The van der Waals surface area contributed by atoms with Crippen LogP contribution in [0, 0.1) is 0 Å². The zero-order valence-corrected chi connectivity index (χ0v) is 9.93. The van der Waals surface area contributed by atoms with Crippen molar-refractivity contribution >= 4 is 17.9 Å². The first-order valence-corrected chi connectivity index (χ1v) is 5.27. The van der Waals surface area contributed by atoms with E-state index in [0.29, 0.717) is 30.5 Å². The summed E-state index contributed by atoms with van der Waals surface area (Å²) in [4.78, 5) is 23.4. The Morgan fingerprint density at radius 2 is 2.18 bits per heavy atom. The summed E-state index contributed by atoms with van der Waals surface area (Å²) in [5.74, 6) is 0.0661. The SMILES string of the molecule is CN(C)C(=O)CCNc1cc(C=O)ccc1O. The average Bonchev–Trinajstić information content (AvgIpc) is 2.31. The Bertz CT molecular complexity index is 416. The lowest BCUT2D eigenvalue weighted by Crippen LogP contribution is -2.23. The van der Waals surface area contributed by atoms with Crippen LogP contribution in [-0.2, 0) is 4.79 Å². The molecule has 0 aliphatic rings. The number of carbonyl (C=O) groups is 2. The predicted octanol–water partition coefficient (Wildman–Crippen LogP) is 1.09. The summed E-state index contributed by atoms with van der Waals surface area (Å²) in [6.45, 7) is 0.410. The molecule has 1 rings (SSSR count). The van der Waals surface area contributed by atoms with E-state index >= 15 is 0 Å². The van der Waals surface area contributed by atoms with Gasteiger partial charge in [-0.3, -0.25) is 9.59 Å². The molecule has 0 saturated carbocycles. The number of aromatic hydroxyl groups is 1. The summed E-state index contributed by atoms with van der Waals surface area (Å²) in [6.07, 6.45) is 1.04. The monoisotopic (exact) mass is 236 g/mol. The number of hydrogen-bond donors (Lipinski definition) is 2. The van der Waals surface area contributed by atoms with Gasteiger partial charge in [0.15, 0.2) is 0 Å². The number of amides is 1. The van der Waals surface area contributed by atoms with Crippen LogP contribution in [0.15, 0.2) is 18.2 Å². The van der Waals surface area contributed by atoms with Crippen molar-refractivity contribution in [3.63, 3.8) is 0 Å². The highest BCUT2D eigenvalue weighted by Gasteiger charge is 2.05. The number of nitrogens with zero attached hydrogens (tertiary/aromatic N) is 1. The van der Waals surface area contributed by atoms with E-state index in [9.17, 15) is 14.7 Å². The lowest BCUT2D eigenvalue weighted by molar-refractivity contribution is -0.128. The molecule has 0 unspecified atom stereocenters. The number of benzene rings is 1. The molecule has 0 radical (unpaired) electrons. The summed E-state index contributed by atoms with van der Waals surface area (Å²) in [7, 11) is 3.37. The van der Waals surface area contributed by atoms with E-state index in [2.05, 4.69) is 5.32 Å². The highest BCUT2D eigenvalue weighted by Crippen LogP contribution is 2.23. The molecule has 0 atom stereocenters. The van der Waals surface area contributed by atoms with Crippen molar-refractivity contribution in [3.05, 3.63) is 23.8 Å². The largest absolute Gasteiger partial charge is 0.506 e. The molecule has 1 aromatic carbocycles. The molecule has 17 heavy (non-hydrogen) atoms. The maximum Gasteiger partial charge on any atom is 0.223 e. The van der Waals surface area contributed by atoms with Gasteiger partial charge in [-0.15, -0.1) is 0 Å². The Morgan fingerprint density at radius 3 is 2.76 bits per heavy atom. The highest BCUT2D eigenvalue weighted by atomic mass is 16.3. The number of phenols is 1. The third kappa shape index (κ3) is 3.79. The first-order valence-electron chi connectivity index (χ1n) is 5.27. The van der Waals surface area contributed by atoms with Crippen molar-refractivity contribution in [1.29, 1.82) is 0 Å². The molecule has 0 spiro atoms. The van der Waals surface area contributed by atoms with E-state index in [1.54, 1.807) is 20.2 Å². The molecule has 2 N–H and O–H groups in total. The van der Waals surface area contributed by atoms with Crippen molar-refractivity contribution < 1.29 is 14.7 Å². The minimum Gasteiger partial charge on any atom is -0.506 e. The van der Waals surface area contributed by atoms with Gasteiger partial charge in [0.25, 0.3) is 0 Å². The van der Waals surface area contributed by atoms with Gasteiger partial charge in [-0.25, -0.2) is 0 Å². The van der Waals surface area contributed by atoms with Crippen LogP contribution in [0.4, 0.5) is 5.69 Å². The Labute approximate surface area is 100 Å². The van der Waals surface area contributed by atoms with Crippen molar-refractivity contribution in [2.24, 2.45) is 0 Å². The Kier molecular flexibility index (Phi) is 4.51. The molecular weight excluding hydrogens is 220 g/mol. The third-order valence-corrected chi connectivity index (χ3v) is 2.31. The first kappa shape index (κ1) is 13.0. The fraction of sp³-hybridized carbons (Fsp3) is 0.333. The van der Waals surface area contributed by atoms with E-state index in [-0.39, 0.29) is 11.7 Å². The Balaban J connectivity index is 2.57. The van der Waals surface area contributed by atoms with Gasteiger partial charge in [-0.1, -0.05) is 0 Å². The second-order valence-electron chi connectivity index (χ2n) is 3.86. The van der Waals surface area contributed by atoms with Crippen molar-refractivity contribution in [3.8, 4) is 5.75 Å². The zero-order chi connectivity index (χ0) is 12.8. The molecule has 0 heterocycles. The average molecular weight is 236 g/mol. The number of carbonyl (C=O) groups excluding carboxylic acids is 2. The third-order valence-electron chi connectivity index (χ3n) is 2.31. The van der Waals surface area contributed by atoms with E-state index in [1.807, 2.05) is 0 Å². The molecule has 1 aromatic rings. The van der Waals surface area contributed by atoms with E-state index in [4.69, 9.17) is 0 Å². The van der Waals surface area contributed by atoms with Gasteiger partial charge < -0.3 is 15.3 Å². The summed E-state index contributed by atoms with van der Waals surface area (Å²) >= 11 is 0. The fourth-order valence-corrected chi connectivity index (χ4v) is 1.30. The smallest absolute Gasteiger partial charge is 0.223 e. The molecule has 92 valence electrons. The normalized spacial score (nSPS) is 9.76. The molecule has 5 heteroatoms. The number of anilines is 1. The molecule has 0 aromatic heterocycles. The predicted molar refractivity (Wildman–Crippen MR) is 65.3 cm³/mol. The fourth-order valence-electron chi connectivity index (χ4n) is 1.30. The van der Waals surface area contributed by atoms with Crippen molar-refractivity contribution in [1.82, 2.24) is 4.90 Å². The zero-order valence-electron chi connectivity index (χ0n) is 9.93.